The molecule has 0 unspecified atom stereocenters. The first-order valence-corrected chi connectivity index (χ1v) is 9.60. The molecule has 0 bridgehead atoms. The quantitative estimate of drug-likeness (QED) is 0.434. The third kappa shape index (κ3) is 6.20. The zero-order valence-electron chi connectivity index (χ0n) is 14.3. The number of aliphatic imine (C=N–C) groups is 1. The maximum absolute atomic E-state index is 5.58. The normalized spacial score (nSPS) is 11.2. The fourth-order valence-electron chi connectivity index (χ4n) is 2.01. The smallest absolute Gasteiger partial charge is 0.196 e. The van der Waals surface area contributed by atoms with Gasteiger partial charge in [0, 0.05) is 31.7 Å². The standard InChI is InChI=1S/C17H25N3S3/c1-5-19(6-2)16(21)18-15(14-12-10-9-11-13-14)23-17(22)20(7-3)8-4/h9-13H,5-8H2,1-4H3. The van der Waals surface area contributed by atoms with Crippen LogP contribution in [0.1, 0.15) is 33.3 Å². The van der Waals surface area contributed by atoms with E-state index >= 15 is 0 Å². The van der Waals surface area contributed by atoms with Crippen molar-refractivity contribution in [1.82, 2.24) is 9.80 Å². The van der Waals surface area contributed by atoms with E-state index in [4.69, 9.17) is 29.4 Å². The SMILES string of the molecule is CCN(CC)C(=S)N=C(SC(=S)N(CC)CC)c1ccccc1. The highest BCUT2D eigenvalue weighted by atomic mass is 32.2. The van der Waals surface area contributed by atoms with Crippen LogP contribution in [0.3, 0.4) is 0 Å². The first-order chi connectivity index (χ1) is 11.1. The van der Waals surface area contributed by atoms with Crippen LogP contribution in [0.4, 0.5) is 0 Å². The average molecular weight is 368 g/mol. The molecule has 0 aliphatic heterocycles. The van der Waals surface area contributed by atoms with Gasteiger partial charge in [0.15, 0.2) is 5.11 Å². The van der Waals surface area contributed by atoms with Gasteiger partial charge in [-0.1, -0.05) is 42.5 Å². The summed E-state index contributed by atoms with van der Waals surface area (Å²) in [6.07, 6.45) is 0. The van der Waals surface area contributed by atoms with Gasteiger partial charge in [0.1, 0.15) is 9.36 Å². The van der Waals surface area contributed by atoms with E-state index in [1.807, 2.05) is 30.3 Å². The molecule has 1 aromatic rings. The molecule has 3 nitrogen and oxygen atoms in total. The first-order valence-electron chi connectivity index (χ1n) is 7.96. The molecule has 23 heavy (non-hydrogen) atoms. The van der Waals surface area contributed by atoms with Crippen LogP contribution in [-0.4, -0.2) is 50.5 Å². The molecular weight excluding hydrogens is 342 g/mol. The molecule has 0 aliphatic carbocycles. The Hall–Kier alpha value is -0.980. The fraction of sp³-hybridized carbons (Fsp3) is 0.471. The lowest BCUT2D eigenvalue weighted by atomic mass is 10.2. The highest BCUT2D eigenvalue weighted by molar-refractivity contribution is 8.33. The van der Waals surface area contributed by atoms with Crippen LogP contribution in [0.5, 0.6) is 0 Å². The van der Waals surface area contributed by atoms with Crippen molar-refractivity contribution in [1.29, 1.82) is 0 Å². The number of hydrogen-bond donors (Lipinski definition) is 0. The summed E-state index contributed by atoms with van der Waals surface area (Å²) in [6, 6.07) is 10.1. The second-order valence-corrected chi connectivity index (χ2v) is 6.77. The Morgan fingerprint density at radius 3 is 1.91 bits per heavy atom. The molecule has 0 saturated carbocycles. The molecule has 0 radical (unpaired) electrons. The van der Waals surface area contributed by atoms with Gasteiger partial charge in [-0.05, 0) is 51.7 Å². The summed E-state index contributed by atoms with van der Waals surface area (Å²) >= 11 is 12.6. The summed E-state index contributed by atoms with van der Waals surface area (Å²) in [6.45, 7) is 11.9. The number of thioether (sulfide) groups is 1. The molecule has 0 atom stereocenters. The zero-order chi connectivity index (χ0) is 17.2. The first kappa shape index (κ1) is 20.1. The summed E-state index contributed by atoms with van der Waals surface area (Å²) in [5, 5.41) is 1.48. The van der Waals surface area contributed by atoms with Crippen molar-refractivity contribution in [3.8, 4) is 0 Å². The van der Waals surface area contributed by atoms with Crippen LogP contribution in [0, 0.1) is 0 Å². The molecule has 0 aliphatic rings. The highest BCUT2D eigenvalue weighted by Crippen LogP contribution is 2.19. The second-order valence-electron chi connectivity index (χ2n) is 4.78. The summed E-state index contributed by atoms with van der Waals surface area (Å²) < 4.78 is 0.833. The predicted molar refractivity (Wildman–Crippen MR) is 112 cm³/mol. The lowest BCUT2D eigenvalue weighted by Crippen LogP contribution is -2.30. The van der Waals surface area contributed by atoms with Gasteiger partial charge in [-0.3, -0.25) is 0 Å². The van der Waals surface area contributed by atoms with Gasteiger partial charge in [0.2, 0.25) is 0 Å². The number of thiocarbonyl (C=S) groups is 2. The van der Waals surface area contributed by atoms with Crippen LogP contribution in [0.2, 0.25) is 0 Å². The third-order valence-corrected chi connectivity index (χ3v) is 5.27. The number of nitrogens with zero attached hydrogens (tertiary/aromatic N) is 3. The molecule has 0 spiro atoms. The van der Waals surface area contributed by atoms with Crippen LogP contribution >= 0.6 is 36.2 Å². The lowest BCUT2D eigenvalue weighted by Gasteiger charge is -2.22. The van der Waals surface area contributed by atoms with Crippen molar-refractivity contribution in [2.24, 2.45) is 4.99 Å². The molecule has 0 N–H and O–H groups in total. The van der Waals surface area contributed by atoms with Gasteiger partial charge in [0.05, 0.1) is 0 Å². The van der Waals surface area contributed by atoms with Gasteiger partial charge in [-0.2, -0.15) is 0 Å². The lowest BCUT2D eigenvalue weighted by molar-refractivity contribution is 0.469. The third-order valence-electron chi connectivity index (χ3n) is 3.46. The van der Waals surface area contributed by atoms with Gasteiger partial charge in [-0.15, -0.1) is 0 Å². The molecule has 1 aromatic carbocycles. The maximum atomic E-state index is 5.58. The van der Waals surface area contributed by atoms with E-state index in [0.717, 1.165) is 41.1 Å². The van der Waals surface area contributed by atoms with Crippen molar-refractivity contribution in [3.05, 3.63) is 35.9 Å². The van der Waals surface area contributed by atoms with Crippen molar-refractivity contribution >= 4 is 50.7 Å². The summed E-state index contributed by atoms with van der Waals surface area (Å²) in [7, 11) is 0. The van der Waals surface area contributed by atoms with Crippen LogP contribution in [0.25, 0.3) is 0 Å². The number of rotatable bonds is 5. The van der Waals surface area contributed by atoms with Crippen LogP contribution in [0.15, 0.2) is 35.3 Å². The Balaban J connectivity index is 3.08. The van der Waals surface area contributed by atoms with Crippen molar-refractivity contribution in [2.45, 2.75) is 27.7 Å². The van der Waals surface area contributed by atoms with Gasteiger partial charge < -0.3 is 9.80 Å². The molecule has 126 valence electrons. The minimum atomic E-state index is 0.615. The van der Waals surface area contributed by atoms with Gasteiger partial charge >= 0.3 is 0 Å². The molecule has 6 heteroatoms. The Morgan fingerprint density at radius 1 is 0.913 bits per heavy atom. The molecule has 0 heterocycles. The fourth-order valence-corrected chi connectivity index (χ4v) is 3.85. The summed E-state index contributed by atoms with van der Waals surface area (Å²) in [5.74, 6) is 0. The Kier molecular flexibility index (Phi) is 9.36. The molecular formula is C17H25N3S3. The molecule has 0 amide bonds. The Bertz CT molecular complexity index is 535. The largest absolute Gasteiger partial charge is 0.358 e. The van der Waals surface area contributed by atoms with Crippen LogP contribution in [-0.2, 0) is 0 Å². The molecule has 0 aromatic heterocycles. The minimum absolute atomic E-state index is 0.615. The van der Waals surface area contributed by atoms with Gasteiger partial charge in [-0.25, -0.2) is 4.99 Å². The zero-order valence-corrected chi connectivity index (χ0v) is 16.7. The predicted octanol–water partition coefficient (Wildman–Crippen LogP) is 4.42. The summed E-state index contributed by atoms with van der Waals surface area (Å²) in [5.41, 5.74) is 1.04. The second kappa shape index (κ2) is 10.7. The molecule has 1 rings (SSSR count). The van der Waals surface area contributed by atoms with Crippen molar-refractivity contribution in [2.75, 3.05) is 26.2 Å². The topological polar surface area (TPSA) is 18.8 Å². The average Bonchev–Trinajstić information content (AvgIpc) is 2.57. The van der Waals surface area contributed by atoms with E-state index in [1.54, 1.807) is 0 Å². The van der Waals surface area contributed by atoms with Crippen molar-refractivity contribution in [3.63, 3.8) is 0 Å². The monoisotopic (exact) mass is 367 g/mol. The molecule has 0 fully saturated rings. The van der Waals surface area contributed by atoms with Crippen molar-refractivity contribution < 1.29 is 0 Å². The van der Waals surface area contributed by atoms with E-state index in [-0.39, 0.29) is 0 Å². The number of benzene rings is 1. The number of hydrogen-bond acceptors (Lipinski definition) is 3. The minimum Gasteiger partial charge on any atom is -0.358 e. The van der Waals surface area contributed by atoms with E-state index in [1.165, 1.54) is 11.8 Å². The molecule has 0 saturated heterocycles. The Morgan fingerprint density at radius 2 is 1.43 bits per heavy atom. The Labute approximate surface area is 155 Å². The maximum Gasteiger partial charge on any atom is 0.196 e. The van der Waals surface area contributed by atoms with Gasteiger partial charge in [0.25, 0.3) is 0 Å². The van der Waals surface area contributed by atoms with E-state index in [0.29, 0.717) is 5.11 Å². The summed E-state index contributed by atoms with van der Waals surface area (Å²) in [4.78, 5) is 8.92. The van der Waals surface area contributed by atoms with E-state index in [2.05, 4.69) is 37.5 Å². The van der Waals surface area contributed by atoms with Crippen LogP contribution < -0.4 is 0 Å². The van der Waals surface area contributed by atoms with E-state index in [9.17, 15) is 0 Å². The van der Waals surface area contributed by atoms with E-state index < -0.39 is 0 Å². The highest BCUT2D eigenvalue weighted by Gasteiger charge is 2.14.